The largest absolute Gasteiger partial charge is 0.351 e. The van der Waals surface area contributed by atoms with E-state index in [1.807, 2.05) is 43.3 Å². The molecular formula is C24H25N3O2S. The lowest BCUT2D eigenvalue weighted by Gasteiger charge is -2.16. The maximum Gasteiger partial charge on any atom is 0.261 e. The van der Waals surface area contributed by atoms with Crippen molar-refractivity contribution in [2.75, 3.05) is 20.1 Å². The molecule has 0 unspecified atom stereocenters. The third kappa shape index (κ3) is 4.45. The Bertz CT molecular complexity index is 1240. The second kappa shape index (κ2) is 8.81. The Hall–Kier alpha value is -2.96. The minimum absolute atomic E-state index is 0.123. The molecule has 6 heteroatoms. The van der Waals surface area contributed by atoms with Gasteiger partial charge in [-0.3, -0.25) is 9.59 Å². The number of aromatic nitrogens is 1. The normalized spacial score (nSPS) is 11.4. The summed E-state index contributed by atoms with van der Waals surface area (Å²) in [5, 5.41) is 4.55. The van der Waals surface area contributed by atoms with E-state index in [2.05, 4.69) is 34.4 Å². The summed E-state index contributed by atoms with van der Waals surface area (Å²) in [4.78, 5) is 30.8. The second-order valence-electron chi connectivity index (χ2n) is 7.69. The second-order valence-corrected chi connectivity index (χ2v) is 8.74. The number of carbonyl (C=O) groups excluding carboxylic acids is 1. The molecule has 2 N–H and O–H groups in total. The van der Waals surface area contributed by atoms with Gasteiger partial charge >= 0.3 is 0 Å². The van der Waals surface area contributed by atoms with Crippen LogP contribution in [0, 0.1) is 6.92 Å². The minimum atomic E-state index is -0.154. The number of aryl methyl sites for hydroxylation is 1. The fraction of sp³-hybridized carbons (Fsp3) is 0.250. The molecule has 0 spiro atoms. The predicted octanol–water partition coefficient (Wildman–Crippen LogP) is 4.30. The van der Waals surface area contributed by atoms with Crippen LogP contribution in [0.2, 0.25) is 0 Å². The number of H-pyrrole nitrogens is 1. The van der Waals surface area contributed by atoms with Gasteiger partial charge in [-0.25, -0.2) is 0 Å². The monoisotopic (exact) mass is 419 g/mol. The number of thiophene rings is 1. The Balaban J connectivity index is 1.39. The van der Waals surface area contributed by atoms with Crippen LogP contribution in [0.15, 0.2) is 59.4 Å². The highest BCUT2D eigenvalue weighted by Gasteiger charge is 2.14. The van der Waals surface area contributed by atoms with E-state index >= 15 is 0 Å². The van der Waals surface area contributed by atoms with Gasteiger partial charge in [0.05, 0.1) is 10.3 Å². The van der Waals surface area contributed by atoms with E-state index in [9.17, 15) is 9.59 Å². The molecule has 2 aromatic carbocycles. The van der Waals surface area contributed by atoms with Crippen LogP contribution in [0.4, 0.5) is 0 Å². The van der Waals surface area contributed by atoms with Gasteiger partial charge in [0.2, 0.25) is 0 Å². The van der Waals surface area contributed by atoms with E-state index in [0.29, 0.717) is 16.8 Å². The summed E-state index contributed by atoms with van der Waals surface area (Å²) in [7, 11) is 2.08. The minimum Gasteiger partial charge on any atom is -0.351 e. The van der Waals surface area contributed by atoms with E-state index in [-0.39, 0.29) is 11.5 Å². The molecule has 0 atom stereocenters. The lowest BCUT2D eigenvalue weighted by atomic mass is 10.1. The zero-order valence-electron chi connectivity index (χ0n) is 17.2. The molecule has 0 fully saturated rings. The van der Waals surface area contributed by atoms with Crippen molar-refractivity contribution in [1.29, 1.82) is 0 Å². The highest BCUT2D eigenvalue weighted by atomic mass is 32.1. The molecule has 4 aromatic rings. The molecule has 0 aliphatic rings. The summed E-state index contributed by atoms with van der Waals surface area (Å²) in [5.41, 5.74) is 3.05. The Morgan fingerprint density at radius 2 is 1.90 bits per heavy atom. The van der Waals surface area contributed by atoms with E-state index < -0.39 is 0 Å². The van der Waals surface area contributed by atoms with Crippen molar-refractivity contribution in [2.45, 2.75) is 19.9 Å². The molecule has 4 rings (SSSR count). The Morgan fingerprint density at radius 1 is 1.10 bits per heavy atom. The zero-order valence-corrected chi connectivity index (χ0v) is 18.0. The standard InChI is InChI=1S/C24H25N3O2S/c1-16-9-10-20-18(13-16)22-19(23(28)26-20)14-21(30-22)24(29)25-11-6-12-27(2)15-17-7-4-3-5-8-17/h3-5,7-10,13-14H,6,11-12,15H2,1-2H3,(H,25,29)(H,26,28). The molecule has 154 valence electrons. The van der Waals surface area contributed by atoms with Crippen molar-refractivity contribution < 1.29 is 4.79 Å². The van der Waals surface area contributed by atoms with Crippen LogP contribution >= 0.6 is 11.3 Å². The number of hydrogen-bond acceptors (Lipinski definition) is 4. The highest BCUT2D eigenvalue weighted by Crippen LogP contribution is 2.30. The predicted molar refractivity (Wildman–Crippen MR) is 124 cm³/mol. The molecular weight excluding hydrogens is 394 g/mol. The molecule has 0 bridgehead atoms. The van der Waals surface area contributed by atoms with Gasteiger partial charge in [-0.15, -0.1) is 11.3 Å². The van der Waals surface area contributed by atoms with Gasteiger partial charge in [0.25, 0.3) is 11.5 Å². The molecule has 2 heterocycles. The number of benzene rings is 2. The van der Waals surface area contributed by atoms with Gasteiger partial charge in [-0.05, 0) is 50.7 Å². The van der Waals surface area contributed by atoms with Crippen molar-refractivity contribution in [3.63, 3.8) is 0 Å². The number of fused-ring (bicyclic) bond motifs is 3. The van der Waals surface area contributed by atoms with Gasteiger partial charge < -0.3 is 15.2 Å². The summed E-state index contributed by atoms with van der Waals surface area (Å²) in [5.74, 6) is -0.123. The number of nitrogens with one attached hydrogen (secondary N) is 2. The number of hydrogen-bond donors (Lipinski definition) is 2. The number of nitrogens with zero attached hydrogens (tertiary/aromatic N) is 1. The molecule has 0 aliphatic carbocycles. The molecule has 2 aromatic heterocycles. The van der Waals surface area contributed by atoms with E-state index in [1.165, 1.54) is 16.9 Å². The summed E-state index contributed by atoms with van der Waals surface area (Å²) in [6.07, 6.45) is 0.864. The van der Waals surface area contributed by atoms with Gasteiger partial charge in [-0.2, -0.15) is 0 Å². The van der Waals surface area contributed by atoms with E-state index in [4.69, 9.17) is 0 Å². The molecule has 0 aliphatic heterocycles. The summed E-state index contributed by atoms with van der Waals surface area (Å²) in [6.45, 7) is 4.40. The SMILES string of the molecule is Cc1ccc2[nH]c(=O)c3cc(C(=O)NCCCN(C)Cc4ccccc4)sc3c2c1. The lowest BCUT2D eigenvalue weighted by Crippen LogP contribution is -2.27. The average molecular weight is 420 g/mol. The van der Waals surface area contributed by atoms with Gasteiger partial charge in [0.1, 0.15) is 0 Å². The zero-order chi connectivity index (χ0) is 21.1. The lowest BCUT2D eigenvalue weighted by molar-refractivity contribution is 0.0956. The molecule has 0 radical (unpaired) electrons. The van der Waals surface area contributed by atoms with Crippen molar-refractivity contribution in [1.82, 2.24) is 15.2 Å². The van der Waals surface area contributed by atoms with Crippen LogP contribution in [0.3, 0.4) is 0 Å². The Labute approximate surface area is 179 Å². The van der Waals surface area contributed by atoms with Crippen LogP contribution in [0.1, 0.15) is 27.2 Å². The number of carbonyl (C=O) groups is 1. The van der Waals surface area contributed by atoms with Crippen LogP contribution < -0.4 is 10.9 Å². The van der Waals surface area contributed by atoms with Crippen molar-refractivity contribution in [2.24, 2.45) is 0 Å². The average Bonchev–Trinajstić information content (AvgIpc) is 3.19. The van der Waals surface area contributed by atoms with Crippen molar-refractivity contribution in [3.05, 3.63) is 81.0 Å². The molecule has 1 amide bonds. The number of rotatable bonds is 7. The maximum atomic E-state index is 12.6. The van der Waals surface area contributed by atoms with Gasteiger partial charge in [0.15, 0.2) is 0 Å². The quantitative estimate of drug-likeness (QED) is 0.439. The van der Waals surface area contributed by atoms with Gasteiger partial charge in [0, 0.05) is 28.7 Å². The molecule has 0 saturated carbocycles. The first-order valence-electron chi connectivity index (χ1n) is 10.1. The van der Waals surface area contributed by atoms with Crippen LogP contribution in [0.25, 0.3) is 21.0 Å². The molecule has 5 nitrogen and oxygen atoms in total. The Morgan fingerprint density at radius 3 is 2.70 bits per heavy atom. The maximum absolute atomic E-state index is 12.6. The molecule has 30 heavy (non-hydrogen) atoms. The third-order valence-corrected chi connectivity index (χ3v) is 6.33. The fourth-order valence-corrected chi connectivity index (χ4v) is 4.73. The van der Waals surface area contributed by atoms with E-state index in [0.717, 1.165) is 40.7 Å². The highest BCUT2D eigenvalue weighted by molar-refractivity contribution is 7.21. The van der Waals surface area contributed by atoms with Crippen LogP contribution in [-0.2, 0) is 6.54 Å². The fourth-order valence-electron chi connectivity index (χ4n) is 3.63. The first kappa shape index (κ1) is 20.3. The first-order valence-corrected chi connectivity index (χ1v) is 10.9. The number of amides is 1. The number of pyridine rings is 1. The van der Waals surface area contributed by atoms with Crippen molar-refractivity contribution >= 4 is 38.2 Å². The summed E-state index contributed by atoms with van der Waals surface area (Å²) >= 11 is 1.38. The summed E-state index contributed by atoms with van der Waals surface area (Å²) in [6, 6.07) is 18.0. The Kier molecular flexibility index (Phi) is 5.97. The van der Waals surface area contributed by atoms with Crippen molar-refractivity contribution in [3.8, 4) is 0 Å². The molecule has 0 saturated heterocycles. The van der Waals surface area contributed by atoms with Crippen LogP contribution in [-0.4, -0.2) is 35.9 Å². The van der Waals surface area contributed by atoms with Crippen LogP contribution in [0.5, 0.6) is 0 Å². The third-order valence-electron chi connectivity index (χ3n) is 5.17. The smallest absolute Gasteiger partial charge is 0.261 e. The number of aromatic amines is 1. The topological polar surface area (TPSA) is 65.2 Å². The van der Waals surface area contributed by atoms with Gasteiger partial charge in [-0.1, -0.05) is 42.0 Å². The van der Waals surface area contributed by atoms with E-state index in [1.54, 1.807) is 6.07 Å². The summed E-state index contributed by atoms with van der Waals surface area (Å²) < 4.78 is 0.866. The first-order chi connectivity index (χ1) is 14.5.